The highest BCUT2D eigenvalue weighted by Gasteiger charge is 2.27. The lowest BCUT2D eigenvalue weighted by Crippen LogP contribution is -2.06. The fourth-order valence-electron chi connectivity index (χ4n) is 3.32. The van der Waals surface area contributed by atoms with Gasteiger partial charge in [-0.15, -0.1) is 0 Å². The van der Waals surface area contributed by atoms with Gasteiger partial charge in [-0.25, -0.2) is 4.98 Å². The summed E-state index contributed by atoms with van der Waals surface area (Å²) in [5.41, 5.74) is 2.00. The van der Waals surface area contributed by atoms with Crippen LogP contribution in [-0.2, 0) is 6.42 Å². The molecule has 0 radical (unpaired) electrons. The number of aryl methyl sites for hydroxylation is 1. The number of nitrogens with one attached hydrogen (secondary N) is 2. The number of fused-ring (bicyclic) bond motifs is 1. The first-order valence-corrected chi connectivity index (χ1v) is 9.26. The Labute approximate surface area is 148 Å². The van der Waals surface area contributed by atoms with Crippen LogP contribution in [0.5, 0.6) is 0 Å². The average molecular weight is 338 g/mol. The van der Waals surface area contributed by atoms with Gasteiger partial charge in [-0.2, -0.15) is 10.1 Å². The molecule has 1 saturated carbocycles. The maximum Gasteiger partial charge on any atom is 0.230 e. The van der Waals surface area contributed by atoms with E-state index >= 15 is 0 Å². The van der Waals surface area contributed by atoms with Crippen molar-refractivity contribution in [2.45, 2.75) is 52.5 Å². The maximum atomic E-state index is 4.78. The van der Waals surface area contributed by atoms with Crippen LogP contribution in [0.1, 0.15) is 51.8 Å². The molecule has 1 fully saturated rings. The Kier molecular flexibility index (Phi) is 4.19. The Morgan fingerprint density at radius 3 is 2.80 bits per heavy atom. The summed E-state index contributed by atoms with van der Waals surface area (Å²) in [6, 6.07) is 4.36. The summed E-state index contributed by atoms with van der Waals surface area (Å²) in [5, 5.41) is 8.90. The molecule has 1 aliphatic carbocycles. The largest absolute Gasteiger partial charge is 0.346 e. The molecule has 2 N–H and O–H groups in total. The summed E-state index contributed by atoms with van der Waals surface area (Å²) in [7, 11) is 0. The van der Waals surface area contributed by atoms with Crippen molar-refractivity contribution in [3.63, 3.8) is 0 Å². The first-order valence-electron chi connectivity index (χ1n) is 9.26. The second-order valence-corrected chi connectivity index (χ2v) is 7.49. The molecular weight excluding hydrogens is 312 g/mol. The van der Waals surface area contributed by atoms with Crippen molar-refractivity contribution in [3.05, 3.63) is 30.2 Å². The Morgan fingerprint density at radius 1 is 1.24 bits per heavy atom. The minimum absolute atomic E-state index is 0.335. The van der Waals surface area contributed by atoms with E-state index in [2.05, 4.69) is 47.2 Å². The van der Waals surface area contributed by atoms with E-state index < -0.39 is 0 Å². The zero-order chi connectivity index (χ0) is 17.4. The molecule has 0 aliphatic heterocycles. The molecule has 3 aromatic heterocycles. The Bertz CT molecular complexity index is 858. The molecule has 4 rings (SSSR count). The fourth-order valence-corrected chi connectivity index (χ4v) is 3.32. The molecule has 3 heterocycles. The standard InChI is InChI=1S/C19H26N6/c1-12(2)25-11-9-17(24-25)22-19-21-16(7-4-13(3)14-5-6-14)15-8-10-20-18(15)23-19/h8-14H,4-7H2,1-3H3,(H2,20,21,22,23,24)/t13-/m1/s1. The highest BCUT2D eigenvalue weighted by molar-refractivity contribution is 5.79. The van der Waals surface area contributed by atoms with Crippen molar-refractivity contribution in [1.82, 2.24) is 24.7 Å². The summed E-state index contributed by atoms with van der Waals surface area (Å²) in [4.78, 5) is 12.6. The molecule has 25 heavy (non-hydrogen) atoms. The Morgan fingerprint density at radius 2 is 2.08 bits per heavy atom. The van der Waals surface area contributed by atoms with Gasteiger partial charge in [0.05, 0.1) is 5.69 Å². The summed E-state index contributed by atoms with van der Waals surface area (Å²) in [5.74, 6) is 3.10. The maximum absolute atomic E-state index is 4.78. The number of aromatic amines is 1. The van der Waals surface area contributed by atoms with Crippen LogP contribution in [0.15, 0.2) is 24.5 Å². The van der Waals surface area contributed by atoms with Crippen LogP contribution in [0.4, 0.5) is 11.8 Å². The number of H-pyrrole nitrogens is 1. The molecule has 6 nitrogen and oxygen atoms in total. The third-order valence-corrected chi connectivity index (χ3v) is 5.14. The highest BCUT2D eigenvalue weighted by atomic mass is 15.3. The van der Waals surface area contributed by atoms with Gasteiger partial charge in [0.2, 0.25) is 5.95 Å². The number of hydrogen-bond acceptors (Lipinski definition) is 4. The third kappa shape index (κ3) is 3.52. The predicted octanol–water partition coefficient (Wildman–Crippen LogP) is 4.46. The summed E-state index contributed by atoms with van der Waals surface area (Å²) < 4.78 is 1.92. The van der Waals surface area contributed by atoms with E-state index in [9.17, 15) is 0 Å². The van der Waals surface area contributed by atoms with Crippen molar-refractivity contribution in [2.24, 2.45) is 11.8 Å². The third-order valence-electron chi connectivity index (χ3n) is 5.14. The van der Waals surface area contributed by atoms with Crippen molar-refractivity contribution < 1.29 is 0 Å². The van der Waals surface area contributed by atoms with Crippen molar-refractivity contribution >= 4 is 22.8 Å². The van der Waals surface area contributed by atoms with Gasteiger partial charge in [0, 0.05) is 29.9 Å². The molecule has 0 bridgehead atoms. The van der Waals surface area contributed by atoms with Gasteiger partial charge in [0.25, 0.3) is 0 Å². The first kappa shape index (κ1) is 16.1. The van der Waals surface area contributed by atoms with Crippen LogP contribution < -0.4 is 5.32 Å². The van der Waals surface area contributed by atoms with Crippen LogP contribution in [0, 0.1) is 11.8 Å². The van der Waals surface area contributed by atoms with Crippen LogP contribution in [-0.4, -0.2) is 24.7 Å². The van der Waals surface area contributed by atoms with Gasteiger partial charge in [0.15, 0.2) is 5.82 Å². The molecule has 1 aliphatic rings. The van der Waals surface area contributed by atoms with E-state index in [0.717, 1.165) is 40.8 Å². The normalized spacial score (nSPS) is 15.8. The van der Waals surface area contributed by atoms with Gasteiger partial charge in [0.1, 0.15) is 5.65 Å². The smallest absolute Gasteiger partial charge is 0.230 e. The number of rotatable bonds is 7. The SMILES string of the molecule is CC(C)n1ccc(Nc2nc(CC[C@@H](C)C3CC3)c3cc[nH]c3n2)n1. The molecule has 0 aromatic carbocycles. The zero-order valence-corrected chi connectivity index (χ0v) is 15.2. The molecule has 132 valence electrons. The Balaban J connectivity index is 1.55. The molecule has 0 unspecified atom stereocenters. The first-order chi connectivity index (χ1) is 12.1. The van der Waals surface area contributed by atoms with Crippen LogP contribution in [0.3, 0.4) is 0 Å². The Hall–Kier alpha value is -2.37. The lowest BCUT2D eigenvalue weighted by atomic mass is 9.98. The highest BCUT2D eigenvalue weighted by Crippen LogP contribution is 2.38. The second-order valence-electron chi connectivity index (χ2n) is 7.49. The summed E-state index contributed by atoms with van der Waals surface area (Å²) in [6.45, 7) is 6.58. The number of aromatic nitrogens is 5. The zero-order valence-electron chi connectivity index (χ0n) is 15.2. The van der Waals surface area contributed by atoms with E-state index in [1.165, 1.54) is 19.3 Å². The molecule has 0 spiro atoms. The lowest BCUT2D eigenvalue weighted by molar-refractivity contribution is 0.469. The van der Waals surface area contributed by atoms with Crippen molar-refractivity contribution in [3.8, 4) is 0 Å². The minimum atomic E-state index is 0.335. The van der Waals surface area contributed by atoms with Crippen LogP contribution in [0.25, 0.3) is 11.0 Å². The van der Waals surface area contributed by atoms with Crippen LogP contribution in [0.2, 0.25) is 0 Å². The molecular formula is C19H26N6. The monoisotopic (exact) mass is 338 g/mol. The van der Waals surface area contributed by atoms with Gasteiger partial charge >= 0.3 is 0 Å². The fraction of sp³-hybridized carbons (Fsp3) is 0.526. The summed E-state index contributed by atoms with van der Waals surface area (Å²) >= 11 is 0. The number of nitrogens with zero attached hydrogens (tertiary/aromatic N) is 4. The molecule has 6 heteroatoms. The van der Waals surface area contributed by atoms with Gasteiger partial charge in [-0.3, -0.25) is 4.68 Å². The quantitative estimate of drug-likeness (QED) is 0.667. The number of anilines is 2. The van der Waals surface area contributed by atoms with E-state index in [4.69, 9.17) is 4.98 Å². The van der Waals surface area contributed by atoms with Crippen molar-refractivity contribution in [2.75, 3.05) is 5.32 Å². The van der Waals surface area contributed by atoms with E-state index in [1.807, 2.05) is 23.1 Å². The lowest BCUT2D eigenvalue weighted by Gasteiger charge is -2.11. The predicted molar refractivity (Wildman–Crippen MR) is 100.0 cm³/mol. The van der Waals surface area contributed by atoms with Gasteiger partial charge in [-0.1, -0.05) is 6.92 Å². The molecule has 3 aromatic rings. The van der Waals surface area contributed by atoms with E-state index in [0.29, 0.717) is 12.0 Å². The molecule has 0 amide bonds. The molecule has 0 saturated heterocycles. The van der Waals surface area contributed by atoms with E-state index in [-0.39, 0.29) is 0 Å². The van der Waals surface area contributed by atoms with Gasteiger partial charge < -0.3 is 10.3 Å². The average Bonchev–Trinajstić information content (AvgIpc) is 3.14. The number of hydrogen-bond donors (Lipinski definition) is 2. The van der Waals surface area contributed by atoms with Crippen molar-refractivity contribution in [1.29, 1.82) is 0 Å². The summed E-state index contributed by atoms with van der Waals surface area (Å²) in [6.07, 6.45) is 8.88. The topological polar surface area (TPSA) is 71.4 Å². The second kappa shape index (κ2) is 6.50. The van der Waals surface area contributed by atoms with Crippen LogP contribution >= 0.6 is 0 Å². The minimum Gasteiger partial charge on any atom is -0.346 e. The van der Waals surface area contributed by atoms with Gasteiger partial charge in [-0.05, 0) is 57.4 Å². The molecule has 1 atom stereocenters. The van der Waals surface area contributed by atoms with E-state index in [1.54, 1.807) is 0 Å².